The first-order valence-electron chi connectivity index (χ1n) is 12.1. The van der Waals surface area contributed by atoms with Crippen molar-refractivity contribution in [3.8, 4) is 11.4 Å². The van der Waals surface area contributed by atoms with Crippen molar-refractivity contribution in [2.45, 2.75) is 29.8 Å². The first-order chi connectivity index (χ1) is 17.7. The molecule has 0 aliphatic carbocycles. The van der Waals surface area contributed by atoms with Gasteiger partial charge in [-0.25, -0.2) is 0 Å². The molecule has 184 valence electrons. The zero-order chi connectivity index (χ0) is 24.7. The number of aromatic nitrogens is 3. The Morgan fingerprint density at radius 1 is 0.944 bits per heavy atom. The van der Waals surface area contributed by atoms with Crippen LogP contribution in [0, 0.1) is 0 Å². The fourth-order valence-corrected chi connectivity index (χ4v) is 5.42. The van der Waals surface area contributed by atoms with Crippen LogP contribution in [0.3, 0.4) is 0 Å². The second-order valence-corrected chi connectivity index (χ2v) is 9.75. The van der Waals surface area contributed by atoms with Crippen molar-refractivity contribution in [2.24, 2.45) is 0 Å². The van der Waals surface area contributed by atoms with Crippen molar-refractivity contribution >= 4 is 23.4 Å². The number of hydrogen-bond donors (Lipinski definition) is 1. The van der Waals surface area contributed by atoms with E-state index in [1.165, 1.54) is 24.6 Å². The Hall–Kier alpha value is -3.62. The number of thioether (sulfide) groups is 1. The third kappa shape index (κ3) is 5.61. The molecule has 5 rings (SSSR count). The van der Waals surface area contributed by atoms with Gasteiger partial charge in [-0.1, -0.05) is 60.3 Å². The first-order valence-corrected chi connectivity index (χ1v) is 13.0. The maximum absolute atomic E-state index is 13.6. The zero-order valence-electron chi connectivity index (χ0n) is 20.2. The molecule has 0 radical (unpaired) electrons. The largest absolute Gasteiger partial charge is 0.497 e. The van der Waals surface area contributed by atoms with E-state index in [9.17, 15) is 4.79 Å². The van der Waals surface area contributed by atoms with Crippen molar-refractivity contribution in [1.29, 1.82) is 0 Å². The second-order valence-electron chi connectivity index (χ2n) is 8.68. The van der Waals surface area contributed by atoms with Crippen molar-refractivity contribution in [3.63, 3.8) is 0 Å². The fourth-order valence-electron chi connectivity index (χ4n) is 4.34. The van der Waals surface area contributed by atoms with Gasteiger partial charge in [0.15, 0.2) is 11.0 Å². The summed E-state index contributed by atoms with van der Waals surface area (Å²) in [6, 6.07) is 27.2. The molecule has 2 heterocycles. The predicted octanol–water partition coefficient (Wildman–Crippen LogP) is 5.34. The van der Waals surface area contributed by atoms with Crippen molar-refractivity contribution in [2.75, 3.05) is 25.5 Å². The standard InChI is InChI=1S/C28H29N5O2S/c1-35-24-16-14-22(15-17-24)29-27(34)26(21-10-4-2-5-11-21)36-28-31-30-25(20-32-18-8-9-19-32)33(28)23-12-6-3-7-13-23/h2-7,10-17,26H,8-9,18-20H2,1H3,(H,29,34). The number of nitrogens with zero attached hydrogens (tertiary/aromatic N) is 4. The molecular weight excluding hydrogens is 470 g/mol. The number of anilines is 1. The minimum atomic E-state index is -0.514. The number of nitrogens with one attached hydrogen (secondary N) is 1. The summed E-state index contributed by atoms with van der Waals surface area (Å²) in [4.78, 5) is 16.0. The quantitative estimate of drug-likeness (QED) is 0.313. The van der Waals surface area contributed by atoms with Crippen LogP contribution in [0.5, 0.6) is 5.75 Å². The number of rotatable bonds is 9. The molecule has 8 heteroatoms. The minimum absolute atomic E-state index is 0.125. The number of likely N-dealkylation sites (tertiary alicyclic amines) is 1. The molecule has 0 spiro atoms. The summed E-state index contributed by atoms with van der Waals surface area (Å²) in [6.45, 7) is 2.87. The first kappa shape index (κ1) is 24.1. The van der Waals surface area contributed by atoms with Gasteiger partial charge in [0.1, 0.15) is 11.0 Å². The molecule has 36 heavy (non-hydrogen) atoms. The van der Waals surface area contributed by atoms with Crippen LogP contribution in [0.4, 0.5) is 5.69 Å². The highest BCUT2D eigenvalue weighted by atomic mass is 32.2. The number of benzene rings is 3. The average molecular weight is 500 g/mol. The molecule has 3 aromatic carbocycles. The maximum atomic E-state index is 13.6. The molecule has 1 N–H and O–H groups in total. The lowest BCUT2D eigenvalue weighted by atomic mass is 10.1. The number of hydrogen-bond acceptors (Lipinski definition) is 6. The molecule has 1 amide bonds. The highest BCUT2D eigenvalue weighted by molar-refractivity contribution is 8.00. The number of carbonyl (C=O) groups is 1. The zero-order valence-corrected chi connectivity index (χ0v) is 21.0. The number of carbonyl (C=O) groups excluding carboxylic acids is 1. The van der Waals surface area contributed by atoms with Gasteiger partial charge in [0.25, 0.3) is 0 Å². The molecule has 1 aromatic heterocycles. The van der Waals surface area contributed by atoms with Crippen LogP contribution in [0.1, 0.15) is 29.5 Å². The Morgan fingerprint density at radius 3 is 2.28 bits per heavy atom. The van der Waals surface area contributed by atoms with Crippen LogP contribution < -0.4 is 10.1 Å². The minimum Gasteiger partial charge on any atom is -0.497 e. The van der Waals surface area contributed by atoms with Gasteiger partial charge in [0, 0.05) is 11.4 Å². The summed E-state index contributed by atoms with van der Waals surface area (Å²) in [6.07, 6.45) is 2.42. The van der Waals surface area contributed by atoms with E-state index < -0.39 is 5.25 Å². The lowest BCUT2D eigenvalue weighted by Crippen LogP contribution is -2.21. The summed E-state index contributed by atoms with van der Waals surface area (Å²) in [7, 11) is 1.62. The van der Waals surface area contributed by atoms with Gasteiger partial charge in [0.2, 0.25) is 5.91 Å². The third-order valence-electron chi connectivity index (χ3n) is 6.20. The van der Waals surface area contributed by atoms with E-state index in [2.05, 4.69) is 37.1 Å². The molecule has 1 saturated heterocycles. The van der Waals surface area contributed by atoms with E-state index in [0.29, 0.717) is 10.8 Å². The SMILES string of the molecule is COc1ccc(NC(=O)C(Sc2nnc(CN3CCCC3)n2-c2ccccc2)c2ccccc2)cc1. The van der Waals surface area contributed by atoms with Crippen LogP contribution >= 0.6 is 11.8 Å². The van der Waals surface area contributed by atoms with Crippen LogP contribution in [0.25, 0.3) is 5.69 Å². The van der Waals surface area contributed by atoms with Crippen LogP contribution in [0.15, 0.2) is 90.1 Å². The van der Waals surface area contributed by atoms with Crippen LogP contribution in [-0.2, 0) is 11.3 Å². The summed E-state index contributed by atoms with van der Waals surface area (Å²) in [5.41, 5.74) is 2.60. The van der Waals surface area contributed by atoms with E-state index in [4.69, 9.17) is 4.74 Å². The molecule has 0 bridgehead atoms. The number of para-hydroxylation sites is 1. The third-order valence-corrected chi connectivity index (χ3v) is 7.40. The van der Waals surface area contributed by atoms with Gasteiger partial charge < -0.3 is 10.1 Å². The highest BCUT2D eigenvalue weighted by Gasteiger charge is 2.27. The Morgan fingerprint density at radius 2 is 1.61 bits per heavy atom. The average Bonchev–Trinajstić information content (AvgIpc) is 3.59. The summed E-state index contributed by atoms with van der Waals surface area (Å²) in [5.74, 6) is 1.50. The van der Waals surface area contributed by atoms with E-state index in [-0.39, 0.29) is 5.91 Å². The Kier molecular flexibility index (Phi) is 7.64. The van der Waals surface area contributed by atoms with Gasteiger partial charge >= 0.3 is 0 Å². The molecule has 1 atom stereocenters. The van der Waals surface area contributed by atoms with Crippen LogP contribution in [-0.4, -0.2) is 45.8 Å². The number of ether oxygens (including phenoxy) is 1. The highest BCUT2D eigenvalue weighted by Crippen LogP contribution is 2.37. The topological polar surface area (TPSA) is 72.3 Å². The Labute approximate surface area is 215 Å². The number of methoxy groups -OCH3 is 1. The second kappa shape index (κ2) is 11.4. The molecule has 7 nitrogen and oxygen atoms in total. The molecular formula is C28H29N5O2S. The summed E-state index contributed by atoms with van der Waals surface area (Å²) >= 11 is 1.41. The van der Waals surface area contributed by atoms with Crippen molar-refractivity contribution in [1.82, 2.24) is 19.7 Å². The predicted molar refractivity (Wildman–Crippen MR) is 143 cm³/mol. The summed E-state index contributed by atoms with van der Waals surface area (Å²) < 4.78 is 7.32. The van der Waals surface area contributed by atoms with E-state index >= 15 is 0 Å². The molecule has 4 aromatic rings. The van der Waals surface area contributed by atoms with Gasteiger partial charge in [-0.05, 0) is 67.9 Å². The normalized spacial score (nSPS) is 14.5. The lowest BCUT2D eigenvalue weighted by Gasteiger charge is -2.19. The van der Waals surface area contributed by atoms with E-state index in [1.807, 2.05) is 72.8 Å². The fraction of sp³-hybridized carbons (Fsp3) is 0.250. The van der Waals surface area contributed by atoms with Gasteiger partial charge in [0.05, 0.1) is 13.7 Å². The molecule has 0 saturated carbocycles. The Balaban J connectivity index is 1.46. The van der Waals surface area contributed by atoms with Crippen molar-refractivity contribution < 1.29 is 9.53 Å². The van der Waals surface area contributed by atoms with Gasteiger partial charge in [-0.2, -0.15) is 0 Å². The smallest absolute Gasteiger partial charge is 0.242 e. The van der Waals surface area contributed by atoms with E-state index in [0.717, 1.165) is 42.5 Å². The van der Waals surface area contributed by atoms with Gasteiger partial charge in [-0.3, -0.25) is 14.3 Å². The maximum Gasteiger partial charge on any atom is 0.242 e. The Bertz CT molecular complexity index is 1270. The van der Waals surface area contributed by atoms with Gasteiger partial charge in [-0.15, -0.1) is 10.2 Å². The molecule has 1 aliphatic rings. The van der Waals surface area contributed by atoms with Crippen LogP contribution in [0.2, 0.25) is 0 Å². The molecule has 1 unspecified atom stereocenters. The number of amides is 1. The molecule has 1 fully saturated rings. The van der Waals surface area contributed by atoms with E-state index in [1.54, 1.807) is 7.11 Å². The lowest BCUT2D eigenvalue weighted by molar-refractivity contribution is -0.115. The van der Waals surface area contributed by atoms with Crippen molar-refractivity contribution in [3.05, 3.63) is 96.3 Å². The summed E-state index contributed by atoms with van der Waals surface area (Å²) in [5, 5.41) is 12.4. The molecule has 1 aliphatic heterocycles. The monoisotopic (exact) mass is 499 g/mol.